The molecule has 1 heterocycles. The number of likely N-dealkylation sites (N-methyl/N-ethyl adjacent to an activating group) is 1. The van der Waals surface area contributed by atoms with Crippen LogP contribution in [0.5, 0.6) is 0 Å². The smallest absolute Gasteiger partial charge is 0.279 e. The molecule has 5 nitrogen and oxygen atoms in total. The van der Waals surface area contributed by atoms with E-state index in [1.807, 2.05) is 13.8 Å². The van der Waals surface area contributed by atoms with Gasteiger partial charge in [0, 0.05) is 25.7 Å². The molecule has 1 aliphatic rings. The minimum atomic E-state index is -3.32. The Bertz CT molecular complexity index is 297. The lowest BCUT2D eigenvalue weighted by Crippen LogP contribution is -2.48. The second-order valence-corrected chi connectivity index (χ2v) is 6.51. The van der Waals surface area contributed by atoms with E-state index in [4.69, 9.17) is 0 Å². The van der Waals surface area contributed by atoms with Crippen molar-refractivity contribution in [2.45, 2.75) is 45.2 Å². The van der Waals surface area contributed by atoms with Crippen molar-refractivity contribution >= 4 is 10.2 Å². The first-order valence-corrected chi connectivity index (χ1v) is 7.33. The van der Waals surface area contributed by atoms with Gasteiger partial charge in [-0.15, -0.1) is 0 Å². The van der Waals surface area contributed by atoms with Crippen LogP contribution in [0.25, 0.3) is 0 Å². The van der Waals surface area contributed by atoms with E-state index >= 15 is 0 Å². The van der Waals surface area contributed by atoms with Crippen molar-refractivity contribution in [3.8, 4) is 0 Å². The molecule has 1 fully saturated rings. The van der Waals surface area contributed by atoms with Gasteiger partial charge in [0.25, 0.3) is 10.2 Å². The molecule has 2 N–H and O–H groups in total. The van der Waals surface area contributed by atoms with E-state index < -0.39 is 10.2 Å². The molecule has 0 saturated carbocycles. The first-order valence-electron chi connectivity index (χ1n) is 5.89. The summed E-state index contributed by atoms with van der Waals surface area (Å²) in [4.78, 5) is 0. The lowest BCUT2D eigenvalue weighted by molar-refractivity contribution is 0.334. The van der Waals surface area contributed by atoms with Crippen molar-refractivity contribution in [2.75, 3.05) is 20.1 Å². The summed E-state index contributed by atoms with van der Waals surface area (Å²) in [5.41, 5.74) is 0. The lowest BCUT2D eigenvalue weighted by Gasteiger charge is -2.28. The maximum absolute atomic E-state index is 11.8. The molecule has 96 valence electrons. The standard InChI is InChI=1S/C10H23N3O2S/c1-9(2)12-16(14,15)13(3)8-10-6-4-5-7-11-10/h9-12H,4-8H2,1-3H3. The molecule has 0 aliphatic carbocycles. The van der Waals surface area contributed by atoms with Crippen LogP contribution in [-0.2, 0) is 10.2 Å². The van der Waals surface area contributed by atoms with E-state index in [0.29, 0.717) is 12.6 Å². The van der Waals surface area contributed by atoms with Crippen LogP contribution >= 0.6 is 0 Å². The fourth-order valence-corrected chi connectivity index (χ4v) is 3.03. The normalized spacial score (nSPS) is 22.9. The lowest BCUT2D eigenvalue weighted by atomic mass is 10.1. The molecule has 0 aromatic carbocycles. The van der Waals surface area contributed by atoms with Crippen LogP contribution in [0.2, 0.25) is 0 Å². The Hall–Kier alpha value is -0.170. The molecule has 16 heavy (non-hydrogen) atoms. The van der Waals surface area contributed by atoms with Crippen molar-refractivity contribution in [2.24, 2.45) is 0 Å². The SMILES string of the molecule is CC(C)NS(=O)(=O)N(C)CC1CCCCN1. The molecule has 0 aromatic rings. The summed E-state index contributed by atoms with van der Waals surface area (Å²) < 4.78 is 27.6. The summed E-state index contributed by atoms with van der Waals surface area (Å²) in [6.07, 6.45) is 3.43. The van der Waals surface area contributed by atoms with Crippen LogP contribution in [0.4, 0.5) is 0 Å². The number of rotatable bonds is 5. The number of piperidine rings is 1. The highest BCUT2D eigenvalue weighted by Gasteiger charge is 2.22. The Balaban J connectivity index is 2.46. The molecule has 0 spiro atoms. The molecule has 1 unspecified atom stereocenters. The maximum atomic E-state index is 11.8. The number of hydrogen-bond acceptors (Lipinski definition) is 3. The van der Waals surface area contributed by atoms with Gasteiger partial charge in [0.2, 0.25) is 0 Å². The molecular weight excluding hydrogens is 226 g/mol. The number of nitrogens with one attached hydrogen (secondary N) is 2. The second-order valence-electron chi connectivity index (χ2n) is 4.70. The number of hydrogen-bond donors (Lipinski definition) is 2. The Morgan fingerprint density at radius 2 is 2.12 bits per heavy atom. The van der Waals surface area contributed by atoms with Crippen molar-refractivity contribution in [3.63, 3.8) is 0 Å². The summed E-state index contributed by atoms with van der Waals surface area (Å²) in [5, 5.41) is 3.34. The molecule has 0 bridgehead atoms. The zero-order valence-corrected chi connectivity index (χ0v) is 11.2. The van der Waals surface area contributed by atoms with Crippen molar-refractivity contribution in [3.05, 3.63) is 0 Å². The van der Waals surface area contributed by atoms with E-state index in [9.17, 15) is 8.42 Å². The summed E-state index contributed by atoms with van der Waals surface area (Å²) >= 11 is 0. The summed E-state index contributed by atoms with van der Waals surface area (Å²) in [5.74, 6) is 0. The van der Waals surface area contributed by atoms with Gasteiger partial charge in [0.05, 0.1) is 0 Å². The van der Waals surface area contributed by atoms with E-state index in [1.54, 1.807) is 7.05 Å². The molecule has 1 saturated heterocycles. The topological polar surface area (TPSA) is 61.4 Å². The predicted octanol–water partition coefficient (Wildman–Crippen LogP) is 0.303. The predicted molar refractivity (Wildman–Crippen MR) is 65.5 cm³/mol. The van der Waals surface area contributed by atoms with Crippen LogP contribution in [0.3, 0.4) is 0 Å². The van der Waals surface area contributed by atoms with Gasteiger partial charge < -0.3 is 5.32 Å². The largest absolute Gasteiger partial charge is 0.313 e. The van der Waals surface area contributed by atoms with Gasteiger partial charge in [-0.25, -0.2) is 0 Å². The minimum absolute atomic E-state index is 0.0632. The first kappa shape index (κ1) is 13.9. The van der Waals surface area contributed by atoms with Crippen LogP contribution in [0.1, 0.15) is 33.1 Å². The molecule has 1 atom stereocenters. The quantitative estimate of drug-likeness (QED) is 0.737. The summed E-state index contributed by atoms with van der Waals surface area (Å²) in [6.45, 7) is 5.19. The third-order valence-corrected chi connectivity index (χ3v) is 4.42. The van der Waals surface area contributed by atoms with Gasteiger partial charge >= 0.3 is 0 Å². The van der Waals surface area contributed by atoms with Crippen LogP contribution in [0.15, 0.2) is 0 Å². The molecular formula is C10H23N3O2S. The maximum Gasteiger partial charge on any atom is 0.279 e. The Morgan fingerprint density at radius 1 is 1.44 bits per heavy atom. The van der Waals surface area contributed by atoms with E-state index in [1.165, 1.54) is 17.1 Å². The highest BCUT2D eigenvalue weighted by molar-refractivity contribution is 7.87. The average molecular weight is 249 g/mol. The summed E-state index contributed by atoms with van der Waals surface area (Å²) in [7, 11) is -1.69. The third kappa shape index (κ3) is 4.37. The minimum Gasteiger partial charge on any atom is -0.313 e. The third-order valence-electron chi connectivity index (χ3n) is 2.68. The molecule has 6 heteroatoms. The highest BCUT2D eigenvalue weighted by atomic mass is 32.2. The van der Waals surface area contributed by atoms with Crippen LogP contribution in [-0.4, -0.2) is 44.9 Å². The van der Waals surface area contributed by atoms with E-state index in [-0.39, 0.29) is 6.04 Å². The molecule has 0 aromatic heterocycles. The Morgan fingerprint density at radius 3 is 2.62 bits per heavy atom. The van der Waals surface area contributed by atoms with Gasteiger partial charge in [-0.05, 0) is 33.2 Å². The molecule has 0 radical (unpaired) electrons. The molecule has 1 rings (SSSR count). The monoisotopic (exact) mass is 249 g/mol. The fourth-order valence-electron chi connectivity index (χ4n) is 1.88. The van der Waals surface area contributed by atoms with Gasteiger partial charge in [0.15, 0.2) is 0 Å². The van der Waals surface area contributed by atoms with Gasteiger partial charge in [-0.3, -0.25) is 0 Å². The second kappa shape index (κ2) is 5.95. The zero-order valence-electron chi connectivity index (χ0n) is 10.4. The summed E-state index contributed by atoms with van der Waals surface area (Å²) in [6, 6.07) is 0.231. The van der Waals surface area contributed by atoms with Gasteiger partial charge in [-0.2, -0.15) is 17.4 Å². The highest BCUT2D eigenvalue weighted by Crippen LogP contribution is 2.09. The van der Waals surface area contributed by atoms with Crippen LogP contribution < -0.4 is 10.0 Å². The van der Waals surface area contributed by atoms with Crippen molar-refractivity contribution in [1.29, 1.82) is 0 Å². The fraction of sp³-hybridized carbons (Fsp3) is 1.00. The van der Waals surface area contributed by atoms with Crippen LogP contribution in [0, 0.1) is 0 Å². The number of nitrogens with zero attached hydrogens (tertiary/aromatic N) is 1. The van der Waals surface area contributed by atoms with Crippen molar-refractivity contribution < 1.29 is 8.42 Å². The van der Waals surface area contributed by atoms with E-state index in [2.05, 4.69) is 10.0 Å². The zero-order chi connectivity index (χ0) is 12.2. The van der Waals surface area contributed by atoms with Gasteiger partial charge in [0.1, 0.15) is 0 Å². The van der Waals surface area contributed by atoms with Crippen molar-refractivity contribution in [1.82, 2.24) is 14.3 Å². The first-order chi connectivity index (χ1) is 7.42. The van der Waals surface area contributed by atoms with Gasteiger partial charge in [-0.1, -0.05) is 6.42 Å². The Kier molecular flexibility index (Phi) is 5.17. The molecule has 1 aliphatic heterocycles. The van der Waals surface area contributed by atoms with E-state index in [0.717, 1.165) is 13.0 Å². The average Bonchev–Trinajstić information content (AvgIpc) is 2.17. The Labute approximate surface area is 98.8 Å². The molecule has 0 amide bonds.